The number of hydrogen-bond donors (Lipinski definition) is 1. The second-order valence-corrected chi connectivity index (χ2v) is 5.49. The molecule has 1 heterocycles. The summed E-state index contributed by atoms with van der Waals surface area (Å²) < 4.78 is 6.81. The highest BCUT2D eigenvalue weighted by Crippen LogP contribution is 2.30. The quantitative estimate of drug-likeness (QED) is 0.798. The third kappa shape index (κ3) is 3.12. The van der Waals surface area contributed by atoms with Crippen LogP contribution in [0.4, 0.5) is 5.69 Å². The summed E-state index contributed by atoms with van der Waals surface area (Å²) in [4.78, 5) is 12.3. The number of halogens is 1. The van der Waals surface area contributed by atoms with Crippen LogP contribution in [0.25, 0.3) is 11.0 Å². The van der Waals surface area contributed by atoms with Crippen molar-refractivity contribution in [2.24, 2.45) is 0 Å². The van der Waals surface area contributed by atoms with Gasteiger partial charge in [0, 0.05) is 11.1 Å². The van der Waals surface area contributed by atoms with Crippen LogP contribution in [0.3, 0.4) is 0 Å². The van der Waals surface area contributed by atoms with E-state index in [0.717, 1.165) is 16.6 Å². The summed E-state index contributed by atoms with van der Waals surface area (Å²) in [6.07, 6.45) is 0. The Kier molecular flexibility index (Phi) is 4.16. The van der Waals surface area contributed by atoms with Gasteiger partial charge in [-0.25, -0.2) is 4.68 Å². The maximum Gasteiger partial charge on any atom is 0.246 e. The summed E-state index contributed by atoms with van der Waals surface area (Å²) in [6, 6.07) is 10.9. The van der Waals surface area contributed by atoms with E-state index < -0.39 is 0 Å². The van der Waals surface area contributed by atoms with Crippen LogP contribution in [-0.2, 0) is 11.3 Å². The second kappa shape index (κ2) is 6.26. The molecular weight excluding hydrogens is 316 g/mol. The lowest BCUT2D eigenvalue weighted by atomic mass is 10.2. The Hall–Kier alpha value is -2.60. The molecule has 0 atom stereocenters. The monoisotopic (exact) mass is 330 g/mol. The number of ether oxygens (including phenoxy) is 1. The predicted molar refractivity (Wildman–Crippen MR) is 88.9 cm³/mol. The van der Waals surface area contributed by atoms with E-state index in [4.69, 9.17) is 16.3 Å². The molecule has 0 aliphatic rings. The number of carbonyl (C=O) groups is 1. The molecule has 1 N–H and O–H groups in total. The number of hydrogen-bond acceptors (Lipinski definition) is 4. The van der Waals surface area contributed by atoms with E-state index in [1.54, 1.807) is 16.8 Å². The van der Waals surface area contributed by atoms with Gasteiger partial charge in [-0.15, -0.1) is 5.10 Å². The summed E-state index contributed by atoms with van der Waals surface area (Å²) in [5.74, 6) is 0.290. The molecule has 1 amide bonds. The SMILES string of the molecule is COc1cc(Cl)c(C)cc1NC(=O)Cn1nnc2ccccc21. The molecule has 23 heavy (non-hydrogen) atoms. The van der Waals surface area contributed by atoms with Crippen molar-refractivity contribution in [2.45, 2.75) is 13.5 Å². The first-order valence-corrected chi connectivity index (χ1v) is 7.38. The van der Waals surface area contributed by atoms with E-state index in [9.17, 15) is 4.79 Å². The number of anilines is 1. The van der Waals surface area contributed by atoms with E-state index in [-0.39, 0.29) is 12.5 Å². The second-order valence-electron chi connectivity index (χ2n) is 5.09. The van der Waals surface area contributed by atoms with Crippen molar-refractivity contribution in [3.8, 4) is 5.75 Å². The van der Waals surface area contributed by atoms with Gasteiger partial charge in [0.15, 0.2) is 0 Å². The van der Waals surface area contributed by atoms with Gasteiger partial charge in [0.25, 0.3) is 0 Å². The van der Waals surface area contributed by atoms with Crippen molar-refractivity contribution in [2.75, 3.05) is 12.4 Å². The number of carbonyl (C=O) groups excluding carboxylic acids is 1. The van der Waals surface area contributed by atoms with Crippen LogP contribution in [0.15, 0.2) is 36.4 Å². The lowest BCUT2D eigenvalue weighted by Crippen LogP contribution is -2.20. The lowest BCUT2D eigenvalue weighted by molar-refractivity contribution is -0.116. The third-order valence-corrected chi connectivity index (χ3v) is 3.88. The van der Waals surface area contributed by atoms with Gasteiger partial charge in [-0.1, -0.05) is 28.9 Å². The molecule has 0 fully saturated rings. The van der Waals surface area contributed by atoms with E-state index >= 15 is 0 Å². The summed E-state index contributed by atoms with van der Waals surface area (Å²) in [5, 5.41) is 11.4. The molecule has 0 saturated heterocycles. The Balaban J connectivity index is 1.81. The number of amides is 1. The minimum atomic E-state index is -0.222. The number of rotatable bonds is 4. The molecule has 0 unspecified atom stereocenters. The first-order chi connectivity index (χ1) is 11.1. The van der Waals surface area contributed by atoms with Crippen LogP contribution in [0, 0.1) is 6.92 Å². The fourth-order valence-corrected chi connectivity index (χ4v) is 2.44. The molecule has 3 rings (SSSR count). The summed E-state index contributed by atoms with van der Waals surface area (Å²) in [7, 11) is 1.53. The topological polar surface area (TPSA) is 69.0 Å². The molecule has 0 aliphatic heterocycles. The highest BCUT2D eigenvalue weighted by atomic mass is 35.5. The Bertz CT molecular complexity index is 876. The average molecular weight is 331 g/mol. The van der Waals surface area contributed by atoms with Crippen LogP contribution in [0.2, 0.25) is 5.02 Å². The summed E-state index contributed by atoms with van der Waals surface area (Å²) in [5.41, 5.74) is 2.99. The highest BCUT2D eigenvalue weighted by Gasteiger charge is 2.12. The summed E-state index contributed by atoms with van der Waals surface area (Å²) in [6.45, 7) is 1.92. The van der Waals surface area contributed by atoms with Crippen molar-refractivity contribution in [3.63, 3.8) is 0 Å². The number of para-hydroxylation sites is 1. The summed E-state index contributed by atoms with van der Waals surface area (Å²) >= 11 is 6.07. The number of nitrogens with zero attached hydrogens (tertiary/aromatic N) is 3. The Morgan fingerprint density at radius 1 is 1.35 bits per heavy atom. The molecule has 6 nitrogen and oxygen atoms in total. The molecule has 1 aromatic heterocycles. The minimum Gasteiger partial charge on any atom is -0.495 e. The van der Waals surface area contributed by atoms with Gasteiger partial charge in [0.2, 0.25) is 5.91 Å². The number of methoxy groups -OCH3 is 1. The van der Waals surface area contributed by atoms with Crippen LogP contribution in [0.5, 0.6) is 5.75 Å². The molecule has 2 aromatic carbocycles. The van der Waals surface area contributed by atoms with Gasteiger partial charge in [0.1, 0.15) is 17.8 Å². The Morgan fingerprint density at radius 2 is 2.13 bits per heavy atom. The normalized spacial score (nSPS) is 10.7. The van der Waals surface area contributed by atoms with E-state index in [1.165, 1.54) is 7.11 Å². The number of benzene rings is 2. The van der Waals surface area contributed by atoms with Crippen LogP contribution in [0.1, 0.15) is 5.56 Å². The smallest absolute Gasteiger partial charge is 0.246 e. The predicted octanol–water partition coefficient (Wildman–Crippen LogP) is 3.04. The molecule has 0 saturated carbocycles. The van der Waals surface area contributed by atoms with Gasteiger partial charge in [-0.2, -0.15) is 0 Å². The third-order valence-electron chi connectivity index (χ3n) is 3.47. The number of nitrogens with one attached hydrogen (secondary N) is 1. The van der Waals surface area contributed by atoms with Crippen LogP contribution in [-0.4, -0.2) is 28.0 Å². The van der Waals surface area contributed by atoms with Gasteiger partial charge in [-0.3, -0.25) is 4.79 Å². The fraction of sp³-hybridized carbons (Fsp3) is 0.188. The first kappa shape index (κ1) is 15.3. The van der Waals surface area contributed by atoms with Gasteiger partial charge < -0.3 is 10.1 Å². The van der Waals surface area contributed by atoms with Crippen LogP contribution < -0.4 is 10.1 Å². The highest BCUT2D eigenvalue weighted by molar-refractivity contribution is 6.31. The van der Waals surface area contributed by atoms with E-state index in [1.807, 2.05) is 31.2 Å². The Labute approximate surface area is 138 Å². The molecule has 3 aromatic rings. The van der Waals surface area contributed by atoms with Crippen molar-refractivity contribution in [1.82, 2.24) is 15.0 Å². The van der Waals surface area contributed by atoms with E-state index in [0.29, 0.717) is 16.5 Å². The van der Waals surface area contributed by atoms with Gasteiger partial charge in [0.05, 0.1) is 18.3 Å². The van der Waals surface area contributed by atoms with Gasteiger partial charge >= 0.3 is 0 Å². The number of aryl methyl sites for hydroxylation is 1. The van der Waals surface area contributed by atoms with Crippen molar-refractivity contribution in [1.29, 1.82) is 0 Å². The first-order valence-electron chi connectivity index (χ1n) is 7.00. The maximum atomic E-state index is 12.3. The molecular formula is C16H15ClN4O2. The van der Waals surface area contributed by atoms with Gasteiger partial charge in [-0.05, 0) is 30.7 Å². The van der Waals surface area contributed by atoms with E-state index in [2.05, 4.69) is 15.6 Å². The zero-order valence-corrected chi connectivity index (χ0v) is 13.5. The Morgan fingerprint density at radius 3 is 2.91 bits per heavy atom. The van der Waals surface area contributed by atoms with Crippen molar-refractivity contribution >= 4 is 34.2 Å². The molecule has 0 radical (unpaired) electrons. The average Bonchev–Trinajstić information content (AvgIpc) is 2.94. The standard InChI is InChI=1S/C16H15ClN4O2/c1-10-7-13(15(23-2)8-11(10)17)18-16(22)9-21-14-6-4-3-5-12(14)19-20-21/h3-8H,9H2,1-2H3,(H,18,22). The van der Waals surface area contributed by atoms with Crippen molar-refractivity contribution < 1.29 is 9.53 Å². The lowest BCUT2D eigenvalue weighted by Gasteiger charge is -2.12. The minimum absolute atomic E-state index is 0.0609. The molecule has 0 aliphatic carbocycles. The number of aromatic nitrogens is 3. The molecule has 7 heteroatoms. The fourth-order valence-electron chi connectivity index (χ4n) is 2.29. The largest absolute Gasteiger partial charge is 0.495 e. The molecule has 0 bridgehead atoms. The maximum absolute atomic E-state index is 12.3. The molecule has 118 valence electrons. The van der Waals surface area contributed by atoms with Crippen molar-refractivity contribution in [3.05, 3.63) is 47.0 Å². The zero-order chi connectivity index (χ0) is 16.4. The van der Waals surface area contributed by atoms with Crippen LogP contribution >= 0.6 is 11.6 Å². The number of fused-ring (bicyclic) bond motifs is 1. The zero-order valence-electron chi connectivity index (χ0n) is 12.7. The molecule has 0 spiro atoms.